The fourth-order valence-electron chi connectivity index (χ4n) is 3.46. The molecule has 0 N–H and O–H groups in total. The summed E-state index contributed by atoms with van der Waals surface area (Å²) < 4.78 is 15.9. The van der Waals surface area contributed by atoms with Crippen LogP contribution in [0, 0.1) is 0 Å². The molecule has 0 saturated carbocycles. The van der Waals surface area contributed by atoms with E-state index in [2.05, 4.69) is 0 Å². The molecule has 0 unspecified atom stereocenters. The summed E-state index contributed by atoms with van der Waals surface area (Å²) in [5, 5.41) is 0. The minimum Gasteiger partial charge on any atom is -0.496 e. The lowest BCUT2D eigenvalue weighted by molar-refractivity contribution is 0.0716. The van der Waals surface area contributed by atoms with E-state index < -0.39 is 0 Å². The summed E-state index contributed by atoms with van der Waals surface area (Å²) in [5.41, 5.74) is 1.12. The third-order valence-electron chi connectivity index (χ3n) is 5.04. The average Bonchev–Trinajstić information content (AvgIpc) is 3.05. The second kappa shape index (κ2) is 10.6. The fraction of sp³-hybridized carbons (Fsp3) is 0.391. The van der Waals surface area contributed by atoms with Crippen molar-refractivity contribution >= 4 is 11.8 Å². The Morgan fingerprint density at radius 2 is 1.60 bits per heavy atom. The number of carbonyl (C=O) groups is 2. The highest BCUT2D eigenvalue weighted by Gasteiger charge is 2.25. The molecule has 1 saturated heterocycles. The topological polar surface area (TPSA) is 68.3 Å². The predicted molar refractivity (Wildman–Crippen MR) is 113 cm³/mol. The van der Waals surface area contributed by atoms with Crippen LogP contribution in [-0.4, -0.2) is 75.2 Å². The monoisotopic (exact) mass is 412 g/mol. The lowest BCUT2D eigenvalue weighted by Gasteiger charge is -2.23. The SMILES string of the molecule is COCCOc1cccc(C(=O)N2CCCN(C(=O)c3ccccc3OC)CC2)c1. The minimum atomic E-state index is -0.0738. The molecule has 7 heteroatoms. The van der Waals surface area contributed by atoms with Gasteiger partial charge in [0, 0.05) is 38.9 Å². The first kappa shape index (κ1) is 21.6. The van der Waals surface area contributed by atoms with E-state index in [0.29, 0.717) is 62.0 Å². The van der Waals surface area contributed by atoms with Crippen LogP contribution in [-0.2, 0) is 4.74 Å². The zero-order chi connectivity index (χ0) is 21.3. The van der Waals surface area contributed by atoms with E-state index in [1.54, 1.807) is 48.3 Å². The summed E-state index contributed by atoms with van der Waals surface area (Å²) in [5.74, 6) is 1.07. The Bertz CT molecular complexity index is 870. The molecule has 30 heavy (non-hydrogen) atoms. The molecule has 0 aliphatic carbocycles. The van der Waals surface area contributed by atoms with Crippen LogP contribution in [0.3, 0.4) is 0 Å². The molecule has 0 radical (unpaired) electrons. The van der Waals surface area contributed by atoms with Crippen LogP contribution in [0.15, 0.2) is 48.5 Å². The number of hydrogen-bond donors (Lipinski definition) is 0. The lowest BCUT2D eigenvalue weighted by Crippen LogP contribution is -2.37. The number of carbonyl (C=O) groups excluding carboxylic acids is 2. The van der Waals surface area contributed by atoms with Crippen LogP contribution in [0.4, 0.5) is 0 Å². The Morgan fingerprint density at radius 1 is 0.867 bits per heavy atom. The van der Waals surface area contributed by atoms with E-state index in [-0.39, 0.29) is 11.8 Å². The maximum atomic E-state index is 13.0. The summed E-state index contributed by atoms with van der Waals surface area (Å²) in [6.45, 7) is 3.07. The molecule has 3 rings (SSSR count). The average molecular weight is 412 g/mol. The van der Waals surface area contributed by atoms with Gasteiger partial charge in [0.25, 0.3) is 11.8 Å². The molecule has 7 nitrogen and oxygen atoms in total. The van der Waals surface area contributed by atoms with Crippen molar-refractivity contribution in [3.8, 4) is 11.5 Å². The molecule has 2 aromatic carbocycles. The van der Waals surface area contributed by atoms with E-state index in [1.807, 2.05) is 24.3 Å². The van der Waals surface area contributed by atoms with Gasteiger partial charge in [-0.3, -0.25) is 9.59 Å². The van der Waals surface area contributed by atoms with E-state index in [9.17, 15) is 9.59 Å². The van der Waals surface area contributed by atoms with Crippen molar-refractivity contribution in [2.75, 3.05) is 53.6 Å². The molecule has 0 spiro atoms. The van der Waals surface area contributed by atoms with Crippen LogP contribution in [0.2, 0.25) is 0 Å². The number of ether oxygens (including phenoxy) is 3. The third-order valence-corrected chi connectivity index (χ3v) is 5.04. The maximum Gasteiger partial charge on any atom is 0.257 e. The van der Waals surface area contributed by atoms with Gasteiger partial charge in [-0.15, -0.1) is 0 Å². The van der Waals surface area contributed by atoms with E-state index in [4.69, 9.17) is 14.2 Å². The number of nitrogens with zero attached hydrogens (tertiary/aromatic N) is 2. The van der Waals surface area contributed by atoms with Gasteiger partial charge in [0.1, 0.15) is 18.1 Å². The summed E-state index contributed by atoms with van der Waals surface area (Å²) >= 11 is 0. The van der Waals surface area contributed by atoms with Gasteiger partial charge in [-0.1, -0.05) is 18.2 Å². The van der Waals surface area contributed by atoms with Crippen LogP contribution in [0.5, 0.6) is 11.5 Å². The van der Waals surface area contributed by atoms with Gasteiger partial charge < -0.3 is 24.0 Å². The van der Waals surface area contributed by atoms with Crippen molar-refractivity contribution in [3.63, 3.8) is 0 Å². The molecule has 0 atom stereocenters. The maximum absolute atomic E-state index is 13.0. The van der Waals surface area contributed by atoms with Gasteiger partial charge >= 0.3 is 0 Å². The Kier molecular flexibility index (Phi) is 7.68. The molecule has 0 aromatic heterocycles. The van der Waals surface area contributed by atoms with Crippen molar-refractivity contribution < 1.29 is 23.8 Å². The molecular weight excluding hydrogens is 384 g/mol. The van der Waals surface area contributed by atoms with Gasteiger partial charge in [-0.25, -0.2) is 0 Å². The summed E-state index contributed by atoms with van der Waals surface area (Å²) in [4.78, 5) is 29.6. The largest absolute Gasteiger partial charge is 0.496 e. The van der Waals surface area contributed by atoms with Crippen LogP contribution < -0.4 is 9.47 Å². The molecule has 2 amide bonds. The highest BCUT2D eigenvalue weighted by molar-refractivity contribution is 5.97. The minimum absolute atomic E-state index is 0.0567. The van der Waals surface area contributed by atoms with Crippen molar-refractivity contribution in [2.45, 2.75) is 6.42 Å². The second-order valence-electron chi connectivity index (χ2n) is 7.01. The van der Waals surface area contributed by atoms with Gasteiger partial charge in [0.2, 0.25) is 0 Å². The van der Waals surface area contributed by atoms with Gasteiger partial charge in [0.15, 0.2) is 0 Å². The number of rotatable bonds is 7. The van der Waals surface area contributed by atoms with Gasteiger partial charge in [0.05, 0.1) is 19.3 Å². The number of methoxy groups -OCH3 is 2. The number of para-hydroxylation sites is 1. The Morgan fingerprint density at radius 3 is 2.33 bits per heavy atom. The molecule has 0 bridgehead atoms. The molecule has 1 aliphatic heterocycles. The fourth-order valence-corrected chi connectivity index (χ4v) is 3.46. The molecule has 1 aliphatic rings. The number of benzene rings is 2. The third kappa shape index (κ3) is 5.30. The van der Waals surface area contributed by atoms with Gasteiger partial charge in [-0.05, 0) is 36.8 Å². The molecular formula is C23H28N2O5. The van der Waals surface area contributed by atoms with Crippen molar-refractivity contribution in [1.29, 1.82) is 0 Å². The predicted octanol–water partition coefficient (Wildman–Crippen LogP) is 2.71. The normalized spacial score (nSPS) is 14.2. The molecule has 160 valence electrons. The second-order valence-corrected chi connectivity index (χ2v) is 7.01. The number of hydrogen-bond acceptors (Lipinski definition) is 5. The van der Waals surface area contributed by atoms with Crippen LogP contribution in [0.1, 0.15) is 27.1 Å². The quantitative estimate of drug-likeness (QED) is 0.654. The zero-order valence-electron chi connectivity index (χ0n) is 17.5. The van der Waals surface area contributed by atoms with E-state index in [1.165, 1.54) is 0 Å². The van der Waals surface area contributed by atoms with Crippen LogP contribution in [0.25, 0.3) is 0 Å². The molecule has 1 heterocycles. The highest BCUT2D eigenvalue weighted by atomic mass is 16.5. The summed E-state index contributed by atoms with van der Waals surface area (Å²) in [6, 6.07) is 14.4. The standard InChI is InChI=1S/C23H28N2O5/c1-28-15-16-30-19-8-5-7-18(17-19)22(26)24-11-6-12-25(14-13-24)23(27)20-9-3-4-10-21(20)29-2/h3-5,7-10,17H,6,11-16H2,1-2H3. The Hall–Kier alpha value is -3.06. The molecule has 1 fully saturated rings. The summed E-state index contributed by atoms with van der Waals surface area (Å²) in [6.07, 6.45) is 0.719. The van der Waals surface area contributed by atoms with Crippen molar-refractivity contribution in [1.82, 2.24) is 9.80 Å². The van der Waals surface area contributed by atoms with Gasteiger partial charge in [-0.2, -0.15) is 0 Å². The van der Waals surface area contributed by atoms with E-state index >= 15 is 0 Å². The lowest BCUT2D eigenvalue weighted by atomic mass is 10.1. The van der Waals surface area contributed by atoms with Crippen molar-refractivity contribution in [2.24, 2.45) is 0 Å². The Balaban J connectivity index is 1.64. The first-order chi connectivity index (χ1) is 14.6. The highest BCUT2D eigenvalue weighted by Crippen LogP contribution is 2.21. The Labute approximate surface area is 177 Å². The first-order valence-electron chi connectivity index (χ1n) is 10.1. The number of amides is 2. The van der Waals surface area contributed by atoms with E-state index in [0.717, 1.165) is 6.42 Å². The van der Waals surface area contributed by atoms with Crippen LogP contribution >= 0.6 is 0 Å². The summed E-state index contributed by atoms with van der Waals surface area (Å²) in [7, 11) is 3.17. The van der Waals surface area contributed by atoms with Crippen molar-refractivity contribution in [3.05, 3.63) is 59.7 Å². The molecule has 2 aromatic rings. The zero-order valence-corrected chi connectivity index (χ0v) is 17.5. The first-order valence-corrected chi connectivity index (χ1v) is 10.1. The smallest absolute Gasteiger partial charge is 0.257 e.